The van der Waals surface area contributed by atoms with Gasteiger partial charge in [-0.15, -0.1) is 11.3 Å². The molecule has 2 bridgehead atoms. The summed E-state index contributed by atoms with van der Waals surface area (Å²) in [5.41, 5.74) is 7.65. The van der Waals surface area contributed by atoms with Crippen molar-refractivity contribution < 1.29 is 9.47 Å². The smallest absolute Gasteiger partial charge is 0.180 e. The highest BCUT2D eigenvalue weighted by atomic mass is 32.1. The number of thiazole rings is 1. The second kappa shape index (κ2) is 5.47. The summed E-state index contributed by atoms with van der Waals surface area (Å²) in [6.45, 7) is 0. The van der Waals surface area contributed by atoms with Crippen molar-refractivity contribution in [2.45, 2.75) is 31.8 Å². The van der Waals surface area contributed by atoms with Crippen molar-refractivity contribution >= 4 is 16.5 Å². The summed E-state index contributed by atoms with van der Waals surface area (Å²) < 4.78 is 11.8. The van der Waals surface area contributed by atoms with Gasteiger partial charge in [-0.25, -0.2) is 4.98 Å². The lowest BCUT2D eigenvalue weighted by molar-refractivity contribution is 0.133. The molecule has 3 atom stereocenters. The third-order valence-corrected chi connectivity index (χ3v) is 5.61. The van der Waals surface area contributed by atoms with Crippen LogP contribution in [0.2, 0.25) is 0 Å². The predicted octanol–water partition coefficient (Wildman–Crippen LogP) is 3.97. The van der Waals surface area contributed by atoms with E-state index in [1.54, 1.807) is 7.11 Å². The van der Waals surface area contributed by atoms with Crippen LogP contribution in [-0.4, -0.2) is 18.2 Å². The van der Waals surface area contributed by atoms with Gasteiger partial charge in [-0.1, -0.05) is 0 Å². The summed E-state index contributed by atoms with van der Waals surface area (Å²) in [5, 5.41) is 2.56. The van der Waals surface area contributed by atoms with E-state index in [1.165, 1.54) is 37.0 Å². The Morgan fingerprint density at radius 2 is 2.14 bits per heavy atom. The molecule has 0 spiro atoms. The van der Waals surface area contributed by atoms with Gasteiger partial charge in [-0.2, -0.15) is 0 Å². The highest BCUT2D eigenvalue weighted by Gasteiger charge is 2.41. The minimum atomic E-state index is 0.336. The van der Waals surface area contributed by atoms with Crippen molar-refractivity contribution in [3.63, 3.8) is 0 Å². The van der Waals surface area contributed by atoms with Crippen LogP contribution < -0.4 is 15.2 Å². The number of benzene rings is 1. The monoisotopic (exact) mass is 316 g/mol. The summed E-state index contributed by atoms with van der Waals surface area (Å²) in [4.78, 5) is 4.35. The van der Waals surface area contributed by atoms with Crippen LogP contribution in [0.3, 0.4) is 0 Å². The number of rotatable bonds is 4. The Balaban J connectivity index is 1.62. The van der Waals surface area contributed by atoms with Gasteiger partial charge in [-0.05, 0) is 55.7 Å². The molecular weight excluding hydrogens is 296 g/mol. The van der Waals surface area contributed by atoms with Crippen LogP contribution in [0.4, 0.5) is 5.13 Å². The maximum atomic E-state index is 6.32. The quantitative estimate of drug-likeness (QED) is 0.927. The number of hydrogen-bond acceptors (Lipinski definition) is 5. The summed E-state index contributed by atoms with van der Waals surface area (Å²) in [7, 11) is 1.68. The molecule has 2 aliphatic carbocycles. The van der Waals surface area contributed by atoms with Gasteiger partial charge >= 0.3 is 0 Å². The zero-order valence-corrected chi connectivity index (χ0v) is 13.4. The van der Waals surface area contributed by atoms with Crippen LogP contribution in [0.25, 0.3) is 11.3 Å². The van der Waals surface area contributed by atoms with Crippen LogP contribution in [0.1, 0.15) is 25.7 Å². The average molecular weight is 316 g/mol. The van der Waals surface area contributed by atoms with Crippen molar-refractivity contribution in [2.24, 2.45) is 11.8 Å². The molecule has 2 N–H and O–H groups in total. The Kier molecular flexibility index (Phi) is 3.45. The van der Waals surface area contributed by atoms with Gasteiger partial charge in [0.15, 0.2) is 16.6 Å². The number of nitrogens with two attached hydrogens (primary N) is 1. The van der Waals surface area contributed by atoms with E-state index in [0.717, 1.165) is 28.7 Å². The number of methoxy groups -OCH3 is 1. The lowest BCUT2D eigenvalue weighted by atomic mass is 9.97. The Morgan fingerprint density at radius 3 is 2.77 bits per heavy atom. The van der Waals surface area contributed by atoms with Gasteiger partial charge in [0.2, 0.25) is 0 Å². The zero-order chi connectivity index (χ0) is 15.1. The zero-order valence-electron chi connectivity index (χ0n) is 12.6. The molecule has 2 aliphatic rings. The molecule has 3 unspecified atom stereocenters. The second-order valence-corrected chi connectivity index (χ2v) is 7.16. The minimum absolute atomic E-state index is 0.336. The molecule has 0 aliphatic heterocycles. The van der Waals surface area contributed by atoms with Crippen LogP contribution in [0.15, 0.2) is 23.6 Å². The van der Waals surface area contributed by atoms with Gasteiger partial charge in [0, 0.05) is 10.9 Å². The van der Waals surface area contributed by atoms with Crippen LogP contribution in [-0.2, 0) is 0 Å². The number of aromatic nitrogens is 1. The van der Waals surface area contributed by atoms with Crippen LogP contribution in [0, 0.1) is 11.8 Å². The number of fused-ring (bicyclic) bond motifs is 2. The van der Waals surface area contributed by atoms with E-state index >= 15 is 0 Å². The van der Waals surface area contributed by atoms with Crippen LogP contribution in [0.5, 0.6) is 11.5 Å². The molecule has 0 saturated heterocycles. The van der Waals surface area contributed by atoms with Gasteiger partial charge < -0.3 is 15.2 Å². The number of nitrogen functional groups attached to an aromatic ring is 1. The van der Waals surface area contributed by atoms with E-state index in [4.69, 9.17) is 15.2 Å². The van der Waals surface area contributed by atoms with E-state index in [-0.39, 0.29) is 0 Å². The third-order valence-electron chi connectivity index (χ3n) is 4.93. The largest absolute Gasteiger partial charge is 0.493 e. The number of anilines is 1. The molecule has 1 aromatic heterocycles. The highest BCUT2D eigenvalue weighted by molar-refractivity contribution is 7.13. The first kappa shape index (κ1) is 13.9. The molecule has 2 saturated carbocycles. The molecule has 2 aromatic rings. The summed E-state index contributed by atoms with van der Waals surface area (Å²) in [6, 6.07) is 5.98. The predicted molar refractivity (Wildman–Crippen MR) is 88.4 cm³/mol. The van der Waals surface area contributed by atoms with Crippen molar-refractivity contribution in [1.82, 2.24) is 4.98 Å². The van der Waals surface area contributed by atoms with Crippen molar-refractivity contribution in [1.29, 1.82) is 0 Å². The number of nitrogens with zero attached hydrogens (tertiary/aromatic N) is 1. The van der Waals surface area contributed by atoms with E-state index < -0.39 is 0 Å². The van der Waals surface area contributed by atoms with Gasteiger partial charge in [-0.3, -0.25) is 0 Å². The SMILES string of the molecule is COc1ccc(-c2csc(N)n2)cc1OC1CC2CCC1C2. The third kappa shape index (κ3) is 2.43. The topological polar surface area (TPSA) is 57.4 Å². The summed E-state index contributed by atoms with van der Waals surface area (Å²) in [5.74, 6) is 3.19. The fourth-order valence-corrected chi connectivity index (χ4v) is 4.41. The molecule has 5 heteroatoms. The second-order valence-electron chi connectivity index (χ2n) is 6.27. The first-order valence-electron chi connectivity index (χ1n) is 7.79. The van der Waals surface area contributed by atoms with Crippen molar-refractivity contribution in [3.8, 4) is 22.8 Å². The van der Waals surface area contributed by atoms with Crippen molar-refractivity contribution in [2.75, 3.05) is 12.8 Å². The molecule has 1 heterocycles. The van der Waals surface area contributed by atoms with E-state index in [9.17, 15) is 0 Å². The lowest BCUT2D eigenvalue weighted by Gasteiger charge is -2.24. The number of ether oxygens (including phenoxy) is 2. The summed E-state index contributed by atoms with van der Waals surface area (Å²) >= 11 is 1.45. The van der Waals surface area contributed by atoms with Crippen molar-refractivity contribution in [3.05, 3.63) is 23.6 Å². The highest BCUT2D eigenvalue weighted by Crippen LogP contribution is 2.47. The minimum Gasteiger partial charge on any atom is -0.493 e. The Bertz CT molecular complexity index is 685. The fraction of sp³-hybridized carbons (Fsp3) is 0.471. The van der Waals surface area contributed by atoms with Gasteiger partial charge in [0.25, 0.3) is 0 Å². The molecule has 1 aromatic carbocycles. The van der Waals surface area contributed by atoms with Gasteiger partial charge in [0.05, 0.1) is 12.8 Å². The Hall–Kier alpha value is -1.75. The maximum absolute atomic E-state index is 6.32. The van der Waals surface area contributed by atoms with Gasteiger partial charge in [0.1, 0.15) is 6.10 Å². The first-order chi connectivity index (χ1) is 10.7. The molecule has 22 heavy (non-hydrogen) atoms. The number of hydrogen-bond donors (Lipinski definition) is 1. The van der Waals surface area contributed by atoms with Crippen LogP contribution >= 0.6 is 11.3 Å². The Morgan fingerprint density at radius 1 is 1.23 bits per heavy atom. The van der Waals surface area contributed by atoms with E-state index in [1.807, 2.05) is 23.6 Å². The fourth-order valence-electron chi connectivity index (χ4n) is 3.84. The maximum Gasteiger partial charge on any atom is 0.180 e. The molecular formula is C17H20N2O2S. The van der Waals surface area contributed by atoms with E-state index in [2.05, 4.69) is 4.98 Å². The average Bonchev–Trinajstić information content (AvgIpc) is 3.24. The Labute approximate surface area is 134 Å². The summed E-state index contributed by atoms with van der Waals surface area (Å²) in [6.07, 6.45) is 5.53. The molecule has 4 nitrogen and oxygen atoms in total. The molecule has 0 amide bonds. The standard InChI is InChI=1S/C17H20N2O2S/c1-20-14-5-4-11(13-9-22-17(18)19-13)8-16(14)21-15-7-10-2-3-12(15)6-10/h4-5,8-10,12,15H,2-3,6-7H2,1H3,(H2,18,19). The molecule has 2 fully saturated rings. The first-order valence-corrected chi connectivity index (χ1v) is 8.67. The molecule has 116 valence electrons. The normalized spacial score (nSPS) is 26.3. The van der Waals surface area contributed by atoms with E-state index in [0.29, 0.717) is 17.2 Å². The molecule has 0 radical (unpaired) electrons. The molecule has 4 rings (SSSR count). The lowest BCUT2D eigenvalue weighted by Crippen LogP contribution is -2.23.